The maximum atomic E-state index is 12.0. The standard InChI is InChI=1S/C19H31N3O2/c1-14-7-9-22(10-8-14)13-17(23)11-20-18(24)12-21-19-15(2)5-4-6-16(19)3/h4-6,14,17,21,23H,7-13H2,1-3H3,(H,20,24). The number of rotatable bonds is 7. The summed E-state index contributed by atoms with van der Waals surface area (Å²) >= 11 is 0. The summed E-state index contributed by atoms with van der Waals surface area (Å²) in [5.41, 5.74) is 3.26. The summed E-state index contributed by atoms with van der Waals surface area (Å²) in [7, 11) is 0. The van der Waals surface area contributed by atoms with Crippen molar-refractivity contribution in [1.29, 1.82) is 0 Å². The first-order chi connectivity index (χ1) is 11.5. The van der Waals surface area contributed by atoms with Crippen molar-refractivity contribution < 1.29 is 9.90 Å². The van der Waals surface area contributed by atoms with Crippen LogP contribution in [0.1, 0.15) is 30.9 Å². The predicted molar refractivity (Wildman–Crippen MR) is 98.3 cm³/mol. The van der Waals surface area contributed by atoms with Crippen molar-refractivity contribution in [2.24, 2.45) is 5.92 Å². The predicted octanol–water partition coefficient (Wildman–Crippen LogP) is 1.92. The molecule has 0 aliphatic carbocycles. The van der Waals surface area contributed by atoms with E-state index in [2.05, 4.69) is 22.5 Å². The lowest BCUT2D eigenvalue weighted by atomic mass is 9.99. The number of hydrogen-bond donors (Lipinski definition) is 3. The molecule has 3 N–H and O–H groups in total. The number of nitrogens with zero attached hydrogens (tertiary/aromatic N) is 1. The van der Waals surface area contributed by atoms with Crippen molar-refractivity contribution >= 4 is 11.6 Å². The Morgan fingerprint density at radius 2 is 1.92 bits per heavy atom. The molecule has 1 unspecified atom stereocenters. The molecule has 1 aromatic carbocycles. The van der Waals surface area contributed by atoms with E-state index in [9.17, 15) is 9.90 Å². The fourth-order valence-electron chi connectivity index (χ4n) is 3.16. The maximum absolute atomic E-state index is 12.0. The zero-order valence-electron chi connectivity index (χ0n) is 15.1. The van der Waals surface area contributed by atoms with Crippen LogP contribution in [0.4, 0.5) is 5.69 Å². The summed E-state index contributed by atoms with van der Waals surface area (Å²) in [6, 6.07) is 6.06. The first kappa shape index (κ1) is 18.7. The van der Waals surface area contributed by atoms with Crippen LogP contribution < -0.4 is 10.6 Å². The first-order valence-electron chi connectivity index (χ1n) is 8.93. The number of benzene rings is 1. The van der Waals surface area contributed by atoms with Crippen LogP contribution in [-0.2, 0) is 4.79 Å². The van der Waals surface area contributed by atoms with Crippen LogP contribution in [0.3, 0.4) is 0 Å². The molecule has 24 heavy (non-hydrogen) atoms. The van der Waals surface area contributed by atoms with Crippen LogP contribution in [0.25, 0.3) is 0 Å². The van der Waals surface area contributed by atoms with Crippen molar-refractivity contribution in [3.8, 4) is 0 Å². The molecule has 0 saturated carbocycles. The molecule has 1 aliphatic rings. The van der Waals surface area contributed by atoms with Gasteiger partial charge < -0.3 is 20.6 Å². The third-order valence-corrected chi connectivity index (χ3v) is 4.79. The van der Waals surface area contributed by atoms with Gasteiger partial charge in [-0.3, -0.25) is 4.79 Å². The van der Waals surface area contributed by atoms with Gasteiger partial charge >= 0.3 is 0 Å². The highest BCUT2D eigenvalue weighted by molar-refractivity contribution is 5.81. The maximum Gasteiger partial charge on any atom is 0.239 e. The number of hydrogen-bond acceptors (Lipinski definition) is 4. The number of piperidine rings is 1. The Hall–Kier alpha value is -1.59. The highest BCUT2D eigenvalue weighted by atomic mass is 16.3. The molecule has 134 valence electrons. The normalized spacial score (nSPS) is 17.5. The number of carbonyl (C=O) groups excluding carboxylic acids is 1. The van der Waals surface area contributed by atoms with Gasteiger partial charge in [-0.25, -0.2) is 0 Å². The van der Waals surface area contributed by atoms with Gasteiger partial charge in [0.2, 0.25) is 5.91 Å². The van der Waals surface area contributed by atoms with Crippen LogP contribution in [0.5, 0.6) is 0 Å². The molecular formula is C19H31N3O2. The Morgan fingerprint density at radius 1 is 1.29 bits per heavy atom. The van der Waals surface area contributed by atoms with E-state index >= 15 is 0 Å². The van der Waals surface area contributed by atoms with Crippen LogP contribution in [0, 0.1) is 19.8 Å². The topological polar surface area (TPSA) is 64.6 Å². The summed E-state index contributed by atoms with van der Waals surface area (Å²) in [4.78, 5) is 14.3. The Balaban J connectivity index is 1.67. The highest BCUT2D eigenvalue weighted by Crippen LogP contribution is 2.19. The van der Waals surface area contributed by atoms with Crippen molar-refractivity contribution in [2.45, 2.75) is 39.7 Å². The third-order valence-electron chi connectivity index (χ3n) is 4.79. The summed E-state index contributed by atoms with van der Waals surface area (Å²) in [5, 5.41) is 16.1. The van der Waals surface area contributed by atoms with Gasteiger partial charge in [0.05, 0.1) is 12.6 Å². The fraction of sp³-hybridized carbons (Fsp3) is 0.632. The van der Waals surface area contributed by atoms with Crippen LogP contribution in [-0.4, -0.2) is 54.7 Å². The minimum absolute atomic E-state index is 0.0935. The monoisotopic (exact) mass is 333 g/mol. The van der Waals surface area contributed by atoms with E-state index in [1.165, 1.54) is 12.8 Å². The number of aryl methyl sites for hydroxylation is 2. The van der Waals surface area contributed by atoms with Crippen molar-refractivity contribution in [3.05, 3.63) is 29.3 Å². The molecule has 2 rings (SSSR count). The average Bonchev–Trinajstić information content (AvgIpc) is 2.54. The van der Waals surface area contributed by atoms with E-state index in [1.54, 1.807) is 0 Å². The smallest absolute Gasteiger partial charge is 0.239 e. The molecule has 0 aromatic heterocycles. The van der Waals surface area contributed by atoms with E-state index in [1.807, 2.05) is 32.0 Å². The number of likely N-dealkylation sites (tertiary alicyclic amines) is 1. The minimum atomic E-state index is -0.512. The number of anilines is 1. The van der Waals surface area contributed by atoms with E-state index in [-0.39, 0.29) is 12.5 Å². The summed E-state index contributed by atoms with van der Waals surface area (Å²) < 4.78 is 0. The van der Waals surface area contributed by atoms with Gasteiger partial charge in [-0.05, 0) is 56.8 Å². The molecule has 5 nitrogen and oxygen atoms in total. The number of aliphatic hydroxyl groups excluding tert-OH is 1. The number of β-amino-alcohol motifs (C(OH)–C–C–N with tert-alkyl or cyclic N) is 1. The molecular weight excluding hydrogens is 302 g/mol. The van der Waals surface area contributed by atoms with E-state index in [4.69, 9.17) is 0 Å². The van der Waals surface area contributed by atoms with Gasteiger partial charge in [0.15, 0.2) is 0 Å². The Bertz CT molecular complexity index is 519. The number of para-hydroxylation sites is 1. The average molecular weight is 333 g/mol. The van der Waals surface area contributed by atoms with Gasteiger partial charge in [0, 0.05) is 18.8 Å². The number of carbonyl (C=O) groups is 1. The second-order valence-electron chi connectivity index (χ2n) is 7.06. The van der Waals surface area contributed by atoms with Gasteiger partial charge in [-0.2, -0.15) is 0 Å². The SMILES string of the molecule is Cc1cccc(C)c1NCC(=O)NCC(O)CN1CCC(C)CC1. The van der Waals surface area contributed by atoms with Crippen molar-refractivity contribution in [2.75, 3.05) is 38.0 Å². The molecule has 1 aliphatic heterocycles. The molecule has 1 aromatic rings. The van der Waals surface area contributed by atoms with Crippen molar-refractivity contribution in [1.82, 2.24) is 10.2 Å². The molecule has 1 saturated heterocycles. The van der Waals surface area contributed by atoms with E-state index < -0.39 is 6.10 Å². The highest BCUT2D eigenvalue weighted by Gasteiger charge is 2.18. The zero-order valence-corrected chi connectivity index (χ0v) is 15.1. The van der Waals surface area contributed by atoms with Crippen molar-refractivity contribution in [3.63, 3.8) is 0 Å². The number of aliphatic hydroxyl groups is 1. The Morgan fingerprint density at radius 3 is 2.54 bits per heavy atom. The Labute approximate surface area is 145 Å². The first-order valence-corrected chi connectivity index (χ1v) is 8.93. The second kappa shape index (κ2) is 9.04. The lowest BCUT2D eigenvalue weighted by molar-refractivity contribution is -0.119. The molecule has 1 atom stereocenters. The van der Waals surface area contributed by atoms with E-state index in [0.29, 0.717) is 13.1 Å². The zero-order chi connectivity index (χ0) is 17.5. The van der Waals surface area contributed by atoms with Gasteiger partial charge in [0.1, 0.15) is 0 Å². The lowest BCUT2D eigenvalue weighted by Gasteiger charge is -2.31. The van der Waals surface area contributed by atoms with Crippen LogP contribution in [0.15, 0.2) is 18.2 Å². The van der Waals surface area contributed by atoms with Gasteiger partial charge in [-0.15, -0.1) is 0 Å². The molecule has 0 bridgehead atoms. The molecule has 0 spiro atoms. The molecule has 1 fully saturated rings. The number of nitrogens with one attached hydrogen (secondary N) is 2. The fourth-order valence-corrected chi connectivity index (χ4v) is 3.16. The summed E-state index contributed by atoms with van der Waals surface area (Å²) in [6.07, 6.45) is 1.87. The molecule has 5 heteroatoms. The van der Waals surface area contributed by atoms with Crippen LogP contribution >= 0.6 is 0 Å². The molecule has 0 radical (unpaired) electrons. The summed E-state index contributed by atoms with van der Waals surface area (Å²) in [5.74, 6) is 0.693. The molecule has 1 heterocycles. The summed E-state index contributed by atoms with van der Waals surface area (Å²) in [6.45, 7) is 9.57. The number of amides is 1. The van der Waals surface area contributed by atoms with Gasteiger partial charge in [-0.1, -0.05) is 25.1 Å². The second-order valence-corrected chi connectivity index (χ2v) is 7.06. The third kappa shape index (κ3) is 5.80. The van der Waals surface area contributed by atoms with E-state index in [0.717, 1.165) is 35.8 Å². The molecule has 1 amide bonds. The minimum Gasteiger partial charge on any atom is -0.390 e. The van der Waals surface area contributed by atoms with Gasteiger partial charge in [0.25, 0.3) is 0 Å². The lowest BCUT2D eigenvalue weighted by Crippen LogP contribution is -2.43. The largest absolute Gasteiger partial charge is 0.390 e. The van der Waals surface area contributed by atoms with Crippen LogP contribution in [0.2, 0.25) is 0 Å². The Kier molecular flexibility index (Phi) is 7.06. The quantitative estimate of drug-likeness (QED) is 0.713.